The van der Waals surface area contributed by atoms with E-state index < -0.39 is 0 Å². The molecule has 2 aromatic heterocycles. The fourth-order valence-electron chi connectivity index (χ4n) is 2.66. The van der Waals surface area contributed by atoms with Crippen molar-refractivity contribution in [3.63, 3.8) is 0 Å². The van der Waals surface area contributed by atoms with Crippen LogP contribution in [0.5, 0.6) is 0 Å². The summed E-state index contributed by atoms with van der Waals surface area (Å²) in [5, 5.41) is 5.54. The Balaban J connectivity index is 1.86. The zero-order chi connectivity index (χ0) is 15.8. The monoisotopic (exact) mass is 307 g/mol. The summed E-state index contributed by atoms with van der Waals surface area (Å²) >= 11 is 0. The minimum Gasteiger partial charge on any atom is -0.443 e. The highest BCUT2D eigenvalue weighted by molar-refractivity contribution is 5.91. The molecule has 0 unspecified atom stereocenters. The van der Waals surface area contributed by atoms with Crippen molar-refractivity contribution >= 4 is 10.9 Å². The molecule has 114 valence electrons. The minimum atomic E-state index is -0.236. The second kappa shape index (κ2) is 5.35. The Morgan fingerprint density at radius 2 is 1.87 bits per heavy atom. The van der Waals surface area contributed by atoms with Gasteiger partial charge in [0, 0.05) is 10.9 Å². The van der Waals surface area contributed by atoms with Gasteiger partial charge in [0.1, 0.15) is 12.1 Å². The molecule has 0 fully saturated rings. The van der Waals surface area contributed by atoms with Gasteiger partial charge < -0.3 is 4.42 Å². The highest BCUT2D eigenvalue weighted by atomic mass is 19.1. The molecule has 0 spiro atoms. The first-order chi connectivity index (χ1) is 11.2. The number of aryl methyl sites for hydroxylation is 1. The maximum absolute atomic E-state index is 13.9. The first-order valence-corrected chi connectivity index (χ1v) is 7.34. The van der Waals surface area contributed by atoms with Crippen LogP contribution in [0.2, 0.25) is 0 Å². The van der Waals surface area contributed by atoms with Gasteiger partial charge in [-0.25, -0.2) is 9.37 Å². The van der Waals surface area contributed by atoms with Crippen LogP contribution in [0.15, 0.2) is 59.2 Å². The number of halogens is 1. The zero-order valence-electron chi connectivity index (χ0n) is 12.5. The van der Waals surface area contributed by atoms with Gasteiger partial charge in [-0.1, -0.05) is 36.4 Å². The lowest BCUT2D eigenvalue weighted by molar-refractivity contribution is 0.565. The molecule has 0 atom stereocenters. The molecule has 0 aliphatic carbocycles. The molecule has 5 heteroatoms. The van der Waals surface area contributed by atoms with Crippen LogP contribution in [-0.2, 0) is 6.54 Å². The van der Waals surface area contributed by atoms with E-state index in [2.05, 4.69) is 10.1 Å². The molecule has 4 rings (SSSR count). The van der Waals surface area contributed by atoms with Crippen LogP contribution in [0.3, 0.4) is 0 Å². The number of nitrogens with zero attached hydrogens (tertiary/aromatic N) is 3. The van der Waals surface area contributed by atoms with Crippen molar-refractivity contribution in [3.8, 4) is 11.6 Å². The van der Waals surface area contributed by atoms with Gasteiger partial charge in [-0.15, -0.1) is 0 Å². The van der Waals surface area contributed by atoms with Gasteiger partial charge in [-0.05, 0) is 19.1 Å². The molecule has 23 heavy (non-hydrogen) atoms. The highest BCUT2D eigenvalue weighted by Gasteiger charge is 2.16. The first-order valence-electron chi connectivity index (χ1n) is 7.34. The van der Waals surface area contributed by atoms with E-state index in [9.17, 15) is 4.39 Å². The van der Waals surface area contributed by atoms with Crippen LogP contribution in [0, 0.1) is 12.7 Å². The summed E-state index contributed by atoms with van der Waals surface area (Å²) in [5.41, 5.74) is 2.98. The maximum Gasteiger partial charge on any atom is 0.247 e. The summed E-state index contributed by atoms with van der Waals surface area (Å²) < 4.78 is 21.2. The maximum atomic E-state index is 13.9. The van der Waals surface area contributed by atoms with Crippen molar-refractivity contribution in [3.05, 3.63) is 71.9 Å². The second-order valence-electron chi connectivity index (χ2n) is 5.41. The number of rotatable bonds is 3. The van der Waals surface area contributed by atoms with Gasteiger partial charge in [0.2, 0.25) is 5.89 Å². The van der Waals surface area contributed by atoms with E-state index in [0.29, 0.717) is 23.7 Å². The smallest absolute Gasteiger partial charge is 0.247 e. The van der Waals surface area contributed by atoms with Gasteiger partial charge in [0.05, 0.1) is 17.8 Å². The first kappa shape index (κ1) is 13.7. The third-order valence-corrected chi connectivity index (χ3v) is 3.76. The molecular weight excluding hydrogens is 293 g/mol. The van der Waals surface area contributed by atoms with E-state index in [0.717, 1.165) is 16.6 Å². The van der Waals surface area contributed by atoms with E-state index in [1.807, 2.05) is 37.3 Å². The van der Waals surface area contributed by atoms with E-state index in [-0.39, 0.29) is 5.82 Å². The van der Waals surface area contributed by atoms with E-state index >= 15 is 0 Å². The Bertz CT molecular complexity index is 987. The number of benzene rings is 2. The largest absolute Gasteiger partial charge is 0.443 e. The number of oxazole rings is 1. The summed E-state index contributed by atoms with van der Waals surface area (Å²) in [5.74, 6) is 0.242. The fraction of sp³-hybridized carbons (Fsp3) is 0.111. The highest BCUT2D eigenvalue weighted by Crippen LogP contribution is 2.28. The Labute approximate surface area is 132 Å². The predicted molar refractivity (Wildman–Crippen MR) is 85.5 cm³/mol. The predicted octanol–water partition coefficient (Wildman–Crippen LogP) is 4.19. The summed E-state index contributed by atoms with van der Waals surface area (Å²) in [6, 6.07) is 14.5. The van der Waals surface area contributed by atoms with Gasteiger partial charge in [-0.3, -0.25) is 4.68 Å². The van der Waals surface area contributed by atoms with Crippen LogP contribution >= 0.6 is 0 Å². The lowest BCUT2D eigenvalue weighted by Gasteiger charge is -2.04. The molecule has 2 aromatic carbocycles. The van der Waals surface area contributed by atoms with Crippen LogP contribution in [0.25, 0.3) is 22.5 Å². The summed E-state index contributed by atoms with van der Waals surface area (Å²) in [6.07, 6.45) is 1.60. The number of hydrogen-bond donors (Lipinski definition) is 0. The lowest BCUT2D eigenvalue weighted by atomic mass is 10.2. The van der Waals surface area contributed by atoms with Crippen molar-refractivity contribution in [2.75, 3.05) is 0 Å². The van der Waals surface area contributed by atoms with Crippen molar-refractivity contribution in [2.45, 2.75) is 13.5 Å². The SMILES string of the molecule is Cc1coc(-c2nn(Cc3ccccc3F)c3ccccc23)n1. The quantitative estimate of drug-likeness (QED) is 0.570. The fourth-order valence-corrected chi connectivity index (χ4v) is 2.66. The van der Waals surface area contributed by atoms with E-state index in [1.165, 1.54) is 6.07 Å². The standard InChI is InChI=1S/C18H14FN3O/c1-12-11-23-18(20-12)17-14-7-3-5-9-16(14)22(21-17)10-13-6-2-4-8-15(13)19/h2-9,11H,10H2,1H3. The van der Waals surface area contributed by atoms with Crippen molar-refractivity contribution in [1.29, 1.82) is 0 Å². The molecule has 2 heterocycles. The number of hydrogen-bond acceptors (Lipinski definition) is 3. The number of aromatic nitrogens is 3. The van der Waals surface area contributed by atoms with Crippen molar-refractivity contribution in [2.24, 2.45) is 0 Å². The Morgan fingerprint density at radius 1 is 1.09 bits per heavy atom. The molecule has 0 amide bonds. The zero-order valence-corrected chi connectivity index (χ0v) is 12.5. The van der Waals surface area contributed by atoms with E-state index in [4.69, 9.17) is 4.42 Å². The average molecular weight is 307 g/mol. The third-order valence-electron chi connectivity index (χ3n) is 3.76. The van der Waals surface area contributed by atoms with Crippen molar-refractivity contribution in [1.82, 2.24) is 14.8 Å². The molecule has 4 nitrogen and oxygen atoms in total. The summed E-state index contributed by atoms with van der Waals surface area (Å²) in [7, 11) is 0. The van der Waals surface area contributed by atoms with Crippen LogP contribution in [0.4, 0.5) is 4.39 Å². The summed E-state index contributed by atoms with van der Waals surface area (Å²) in [4.78, 5) is 4.35. The molecule has 0 N–H and O–H groups in total. The van der Waals surface area contributed by atoms with Gasteiger partial charge in [0.15, 0.2) is 5.69 Å². The molecule has 4 aromatic rings. The van der Waals surface area contributed by atoms with Crippen LogP contribution in [0.1, 0.15) is 11.3 Å². The summed E-state index contributed by atoms with van der Waals surface area (Å²) in [6.45, 7) is 2.22. The van der Waals surface area contributed by atoms with Crippen LogP contribution in [-0.4, -0.2) is 14.8 Å². The molecule has 0 aliphatic rings. The van der Waals surface area contributed by atoms with E-state index in [1.54, 1.807) is 23.1 Å². The van der Waals surface area contributed by atoms with Crippen molar-refractivity contribution < 1.29 is 8.81 Å². The molecule has 0 saturated heterocycles. The molecule has 0 saturated carbocycles. The minimum absolute atomic E-state index is 0.236. The average Bonchev–Trinajstić information content (AvgIpc) is 3.14. The molecule has 0 aliphatic heterocycles. The van der Waals surface area contributed by atoms with Gasteiger partial charge in [0.25, 0.3) is 0 Å². The normalized spacial score (nSPS) is 11.2. The molecule has 0 radical (unpaired) electrons. The Morgan fingerprint density at radius 3 is 2.65 bits per heavy atom. The second-order valence-corrected chi connectivity index (χ2v) is 5.41. The lowest BCUT2D eigenvalue weighted by Crippen LogP contribution is -2.03. The number of para-hydroxylation sites is 1. The Kier molecular flexibility index (Phi) is 3.19. The topological polar surface area (TPSA) is 43.9 Å². The van der Waals surface area contributed by atoms with Gasteiger partial charge in [-0.2, -0.15) is 5.10 Å². The molecule has 0 bridgehead atoms. The molecular formula is C18H14FN3O. The van der Waals surface area contributed by atoms with Crippen LogP contribution < -0.4 is 0 Å². The number of fused-ring (bicyclic) bond motifs is 1. The third kappa shape index (κ3) is 2.40. The van der Waals surface area contributed by atoms with Gasteiger partial charge >= 0.3 is 0 Å². The Hall–Kier alpha value is -2.95.